The van der Waals surface area contributed by atoms with E-state index in [0.717, 1.165) is 24.3 Å². The van der Waals surface area contributed by atoms with Crippen LogP contribution in [0.25, 0.3) is 0 Å². The first-order valence-corrected chi connectivity index (χ1v) is 9.56. The zero-order chi connectivity index (χ0) is 20.2. The fourth-order valence-corrected chi connectivity index (χ4v) is 3.98. The van der Waals surface area contributed by atoms with Crippen molar-refractivity contribution in [2.24, 2.45) is 0 Å². The highest BCUT2D eigenvalue weighted by Gasteiger charge is 2.26. The molecular weight excluding hydrogens is 449 g/mol. The third-order valence-electron chi connectivity index (χ3n) is 3.41. The first kappa shape index (κ1) is 20.7. The lowest BCUT2D eigenvalue weighted by Gasteiger charge is -2.18. The van der Waals surface area contributed by atoms with Crippen LogP contribution in [0, 0.1) is 15.9 Å². The molecule has 0 aliphatic rings. The molecule has 2 aromatic rings. The lowest BCUT2D eigenvalue weighted by atomic mass is 10.1. The topological polar surface area (TPSA) is 139 Å². The predicted molar refractivity (Wildman–Crippen MR) is 96.3 cm³/mol. The van der Waals surface area contributed by atoms with E-state index in [1.54, 1.807) is 0 Å². The molecule has 2 rings (SSSR count). The predicted octanol–water partition coefficient (Wildman–Crippen LogP) is 2.78. The van der Waals surface area contributed by atoms with Gasteiger partial charge in [0.1, 0.15) is 5.82 Å². The van der Waals surface area contributed by atoms with Crippen LogP contribution in [0.2, 0.25) is 0 Å². The number of para-hydroxylation sites is 1. The van der Waals surface area contributed by atoms with Crippen LogP contribution >= 0.6 is 15.9 Å². The Morgan fingerprint density at radius 2 is 1.96 bits per heavy atom. The molecule has 0 aliphatic heterocycles. The van der Waals surface area contributed by atoms with Gasteiger partial charge in [0, 0.05) is 17.1 Å². The molecule has 12 heteroatoms. The highest BCUT2D eigenvalue weighted by atomic mass is 79.9. The number of halogens is 2. The van der Waals surface area contributed by atoms with Crippen molar-refractivity contribution >= 4 is 37.7 Å². The average Bonchev–Trinajstić information content (AvgIpc) is 2.57. The fourth-order valence-electron chi connectivity index (χ4n) is 2.28. The van der Waals surface area contributed by atoms with Gasteiger partial charge in [-0.2, -0.15) is 0 Å². The molecule has 1 unspecified atom stereocenters. The van der Waals surface area contributed by atoms with Gasteiger partial charge < -0.3 is 10.4 Å². The van der Waals surface area contributed by atoms with E-state index in [2.05, 4.69) is 26.0 Å². The van der Waals surface area contributed by atoms with Crippen molar-refractivity contribution in [2.45, 2.75) is 10.9 Å². The number of benzene rings is 2. The molecule has 0 bridgehead atoms. The monoisotopic (exact) mass is 461 g/mol. The molecule has 2 aromatic carbocycles. The van der Waals surface area contributed by atoms with E-state index >= 15 is 0 Å². The van der Waals surface area contributed by atoms with Crippen LogP contribution in [0.3, 0.4) is 0 Å². The summed E-state index contributed by atoms with van der Waals surface area (Å²) in [5, 5.41) is 22.1. The molecule has 3 N–H and O–H groups in total. The SMILES string of the molecule is O=C(O)NC(CNS(=O)(=O)c1ccccc1[N+](=O)[O-])c1cc(F)cc(Br)c1. The normalized spacial score (nSPS) is 12.4. The molecular formula is C15H13BrFN3O6S. The second-order valence-corrected chi connectivity index (χ2v) is 7.93. The van der Waals surface area contributed by atoms with Gasteiger partial charge in [-0.15, -0.1) is 0 Å². The van der Waals surface area contributed by atoms with Crippen LogP contribution in [-0.4, -0.2) is 31.1 Å². The molecule has 0 saturated heterocycles. The van der Waals surface area contributed by atoms with Crippen LogP contribution < -0.4 is 10.0 Å². The molecule has 144 valence electrons. The third-order valence-corrected chi connectivity index (χ3v) is 5.34. The maximum atomic E-state index is 13.6. The Morgan fingerprint density at radius 1 is 1.30 bits per heavy atom. The molecule has 0 aliphatic carbocycles. The van der Waals surface area contributed by atoms with Crippen molar-refractivity contribution in [2.75, 3.05) is 6.54 Å². The molecule has 9 nitrogen and oxygen atoms in total. The summed E-state index contributed by atoms with van der Waals surface area (Å²) >= 11 is 3.07. The van der Waals surface area contributed by atoms with Crippen LogP contribution in [0.1, 0.15) is 11.6 Å². The molecule has 27 heavy (non-hydrogen) atoms. The number of nitrogens with zero attached hydrogens (tertiary/aromatic N) is 1. The second-order valence-electron chi connectivity index (χ2n) is 5.28. The summed E-state index contributed by atoms with van der Waals surface area (Å²) in [6, 6.07) is 7.21. The standard InChI is InChI=1S/C15H13BrFN3O6S/c16-10-5-9(6-11(17)7-10)12(19-15(21)22)8-18-27(25,26)14-4-2-1-3-13(14)20(23)24/h1-7,12,18-19H,8H2,(H,21,22). The van der Waals surface area contributed by atoms with Crippen LogP contribution in [0.5, 0.6) is 0 Å². The molecule has 0 radical (unpaired) electrons. The lowest BCUT2D eigenvalue weighted by molar-refractivity contribution is -0.387. The minimum atomic E-state index is -4.33. The maximum Gasteiger partial charge on any atom is 0.405 e. The molecule has 0 aromatic heterocycles. The first-order chi connectivity index (χ1) is 12.6. The van der Waals surface area contributed by atoms with Crippen molar-refractivity contribution in [1.82, 2.24) is 10.0 Å². The van der Waals surface area contributed by atoms with Crippen LogP contribution in [-0.2, 0) is 10.0 Å². The maximum absolute atomic E-state index is 13.6. The van der Waals surface area contributed by atoms with Gasteiger partial charge in [0.25, 0.3) is 5.69 Å². The number of carbonyl (C=O) groups is 1. The van der Waals surface area contributed by atoms with Gasteiger partial charge >= 0.3 is 6.09 Å². The lowest BCUT2D eigenvalue weighted by Crippen LogP contribution is -2.37. The number of hydrogen-bond donors (Lipinski definition) is 3. The summed E-state index contributed by atoms with van der Waals surface area (Å²) in [6.45, 7) is -0.490. The Morgan fingerprint density at radius 3 is 2.56 bits per heavy atom. The minimum Gasteiger partial charge on any atom is -0.465 e. The molecule has 1 amide bonds. The van der Waals surface area contributed by atoms with E-state index in [9.17, 15) is 27.7 Å². The van der Waals surface area contributed by atoms with Gasteiger partial charge in [0.05, 0.1) is 11.0 Å². The number of rotatable bonds is 7. The van der Waals surface area contributed by atoms with Crippen LogP contribution in [0.4, 0.5) is 14.9 Å². The third kappa shape index (κ3) is 5.45. The van der Waals surface area contributed by atoms with Crippen LogP contribution in [0.15, 0.2) is 51.8 Å². The number of nitrogens with one attached hydrogen (secondary N) is 2. The van der Waals surface area contributed by atoms with Gasteiger partial charge in [0.15, 0.2) is 4.90 Å². The fraction of sp³-hybridized carbons (Fsp3) is 0.133. The van der Waals surface area contributed by atoms with Gasteiger partial charge in [-0.3, -0.25) is 10.1 Å². The van der Waals surface area contributed by atoms with Gasteiger partial charge in [0.2, 0.25) is 10.0 Å². The zero-order valence-corrected chi connectivity index (χ0v) is 15.8. The second kappa shape index (κ2) is 8.41. The molecule has 0 fully saturated rings. The summed E-state index contributed by atoms with van der Waals surface area (Å²) in [5.41, 5.74) is -0.462. The molecule has 0 saturated carbocycles. The average molecular weight is 462 g/mol. The van der Waals surface area contributed by atoms with E-state index in [4.69, 9.17) is 5.11 Å². The van der Waals surface area contributed by atoms with E-state index in [0.29, 0.717) is 4.47 Å². The first-order valence-electron chi connectivity index (χ1n) is 7.28. The van der Waals surface area contributed by atoms with Crippen molar-refractivity contribution in [3.8, 4) is 0 Å². The largest absolute Gasteiger partial charge is 0.465 e. The summed E-state index contributed by atoms with van der Waals surface area (Å²) in [5.74, 6) is -0.655. The Hall–Kier alpha value is -2.57. The molecule has 0 spiro atoms. The smallest absolute Gasteiger partial charge is 0.405 e. The molecule has 0 heterocycles. The van der Waals surface area contributed by atoms with Gasteiger partial charge in [-0.25, -0.2) is 22.3 Å². The summed E-state index contributed by atoms with van der Waals surface area (Å²) in [4.78, 5) is 20.6. The van der Waals surface area contributed by atoms with Crippen molar-refractivity contribution in [3.63, 3.8) is 0 Å². The van der Waals surface area contributed by atoms with E-state index in [1.165, 1.54) is 18.2 Å². The highest BCUT2D eigenvalue weighted by Crippen LogP contribution is 2.24. The summed E-state index contributed by atoms with van der Waals surface area (Å²) in [6.07, 6.45) is -1.45. The quantitative estimate of drug-likeness (QED) is 0.427. The van der Waals surface area contributed by atoms with Gasteiger partial charge in [-0.05, 0) is 29.8 Å². The minimum absolute atomic E-state index is 0.162. The van der Waals surface area contributed by atoms with Crippen molar-refractivity contribution < 1.29 is 27.6 Å². The Balaban J connectivity index is 2.31. The number of amides is 1. The number of nitro groups is 1. The number of hydrogen-bond acceptors (Lipinski definition) is 5. The number of nitro benzene ring substituents is 1. The number of carboxylic acid groups (broad SMARTS) is 1. The van der Waals surface area contributed by atoms with Crippen molar-refractivity contribution in [1.29, 1.82) is 0 Å². The number of sulfonamides is 1. The van der Waals surface area contributed by atoms with E-state index in [1.807, 2.05) is 0 Å². The Kier molecular flexibility index (Phi) is 6.46. The van der Waals surface area contributed by atoms with Crippen molar-refractivity contribution in [3.05, 3.63) is 68.4 Å². The van der Waals surface area contributed by atoms with E-state index in [-0.39, 0.29) is 5.56 Å². The molecule has 1 atom stereocenters. The van der Waals surface area contributed by atoms with Gasteiger partial charge in [-0.1, -0.05) is 28.1 Å². The Labute approximate surface area is 161 Å². The summed E-state index contributed by atoms with van der Waals surface area (Å²) in [7, 11) is -4.33. The summed E-state index contributed by atoms with van der Waals surface area (Å²) < 4.78 is 40.9. The zero-order valence-electron chi connectivity index (χ0n) is 13.4. The Bertz CT molecular complexity index is 965. The van der Waals surface area contributed by atoms with E-state index < -0.39 is 50.0 Å². The highest BCUT2D eigenvalue weighted by molar-refractivity contribution is 9.10.